The second-order valence-corrected chi connectivity index (χ2v) is 7.46. The van der Waals surface area contributed by atoms with Crippen molar-refractivity contribution in [2.75, 3.05) is 12.8 Å². The van der Waals surface area contributed by atoms with Crippen molar-refractivity contribution in [1.82, 2.24) is 30.7 Å². The summed E-state index contributed by atoms with van der Waals surface area (Å²) in [5.41, 5.74) is 10.7. The number of amides is 1. The fourth-order valence-corrected chi connectivity index (χ4v) is 3.16. The van der Waals surface area contributed by atoms with E-state index in [2.05, 4.69) is 51.7 Å². The highest BCUT2D eigenvalue weighted by Crippen LogP contribution is 2.29. The summed E-state index contributed by atoms with van der Waals surface area (Å²) in [6, 6.07) is 14.6. The standard InChI is InChI=1S/C20H17BrN8O3/c1-11(12-6-8-14(21)9-7-12)23-25-20(30)16-17(13-4-3-5-15(10-13)31-2)29(28-24-16)19-18(22)26-32-27-19/h3-10H,1-2H3,(H2,22,26)(H,25,30)/b23-11-. The second-order valence-electron chi connectivity index (χ2n) is 6.55. The Bertz CT molecular complexity index is 1300. The first kappa shape index (κ1) is 21.2. The normalized spacial score (nSPS) is 11.4. The number of hydrogen-bond donors (Lipinski definition) is 2. The number of carbonyl (C=O) groups is 1. The van der Waals surface area contributed by atoms with Gasteiger partial charge in [-0.15, -0.1) is 5.10 Å². The van der Waals surface area contributed by atoms with E-state index in [1.807, 2.05) is 24.3 Å². The summed E-state index contributed by atoms with van der Waals surface area (Å²) >= 11 is 3.39. The van der Waals surface area contributed by atoms with E-state index in [1.165, 1.54) is 4.68 Å². The summed E-state index contributed by atoms with van der Waals surface area (Å²) in [6.45, 7) is 1.78. The van der Waals surface area contributed by atoms with Crippen molar-refractivity contribution in [2.45, 2.75) is 6.92 Å². The third kappa shape index (κ3) is 4.21. The predicted octanol–water partition coefficient (Wildman–Crippen LogP) is 2.82. The molecule has 0 saturated heterocycles. The van der Waals surface area contributed by atoms with Crippen molar-refractivity contribution in [3.63, 3.8) is 0 Å². The number of nitrogens with zero attached hydrogens (tertiary/aromatic N) is 6. The molecule has 1 amide bonds. The Balaban J connectivity index is 1.72. The number of hydrazone groups is 1. The molecule has 2 aromatic carbocycles. The zero-order valence-corrected chi connectivity index (χ0v) is 18.6. The molecular weight excluding hydrogens is 480 g/mol. The average Bonchev–Trinajstić information content (AvgIpc) is 3.43. The van der Waals surface area contributed by atoms with Crippen LogP contribution in [0.3, 0.4) is 0 Å². The van der Waals surface area contributed by atoms with Crippen molar-refractivity contribution in [2.24, 2.45) is 5.10 Å². The van der Waals surface area contributed by atoms with E-state index >= 15 is 0 Å². The molecule has 4 aromatic rings. The van der Waals surface area contributed by atoms with Crippen LogP contribution in [0.1, 0.15) is 23.0 Å². The van der Waals surface area contributed by atoms with Crippen LogP contribution in [0.5, 0.6) is 5.75 Å². The first-order chi connectivity index (χ1) is 15.5. The molecule has 0 aliphatic rings. The lowest BCUT2D eigenvalue weighted by molar-refractivity contribution is 0.0950. The van der Waals surface area contributed by atoms with Crippen LogP contribution < -0.4 is 15.9 Å². The van der Waals surface area contributed by atoms with Gasteiger partial charge in [0.05, 0.1) is 12.8 Å². The molecule has 162 valence electrons. The van der Waals surface area contributed by atoms with Crippen LogP contribution in [-0.2, 0) is 0 Å². The number of halogens is 1. The molecule has 0 fully saturated rings. The van der Waals surface area contributed by atoms with E-state index < -0.39 is 5.91 Å². The number of anilines is 1. The van der Waals surface area contributed by atoms with Gasteiger partial charge in [0.15, 0.2) is 5.69 Å². The molecule has 0 spiro atoms. The first-order valence-electron chi connectivity index (χ1n) is 9.27. The molecule has 2 heterocycles. The van der Waals surface area contributed by atoms with Crippen LogP contribution in [0.25, 0.3) is 17.1 Å². The Morgan fingerprint density at radius 2 is 2.00 bits per heavy atom. The summed E-state index contributed by atoms with van der Waals surface area (Å²) in [4.78, 5) is 13.0. The number of rotatable bonds is 6. The highest BCUT2D eigenvalue weighted by Gasteiger charge is 2.25. The molecule has 12 heteroatoms. The van der Waals surface area contributed by atoms with Gasteiger partial charge in [-0.05, 0) is 47.1 Å². The summed E-state index contributed by atoms with van der Waals surface area (Å²) in [6.07, 6.45) is 0. The van der Waals surface area contributed by atoms with Gasteiger partial charge in [0.25, 0.3) is 5.91 Å². The van der Waals surface area contributed by atoms with Crippen LogP contribution in [0.15, 0.2) is 62.7 Å². The lowest BCUT2D eigenvalue weighted by Crippen LogP contribution is -2.21. The van der Waals surface area contributed by atoms with Gasteiger partial charge in [0, 0.05) is 10.0 Å². The molecule has 11 nitrogen and oxygen atoms in total. The highest BCUT2D eigenvalue weighted by atomic mass is 79.9. The van der Waals surface area contributed by atoms with Gasteiger partial charge in [-0.2, -0.15) is 9.78 Å². The SMILES string of the molecule is COc1cccc(-c2c(C(=O)N/N=C(/C)c3ccc(Br)cc3)nnn2-c2nonc2N)c1. The Hall–Kier alpha value is -4.06. The highest BCUT2D eigenvalue weighted by molar-refractivity contribution is 9.10. The molecule has 0 aliphatic carbocycles. The topological polar surface area (TPSA) is 146 Å². The monoisotopic (exact) mass is 496 g/mol. The molecule has 2 aromatic heterocycles. The van der Waals surface area contributed by atoms with Crippen LogP contribution in [0.4, 0.5) is 5.82 Å². The summed E-state index contributed by atoms with van der Waals surface area (Å²) < 4.78 is 12.2. The molecule has 3 N–H and O–H groups in total. The third-order valence-corrected chi connectivity index (χ3v) is 5.04. The maximum Gasteiger partial charge on any atom is 0.294 e. The molecule has 0 aliphatic heterocycles. The maximum absolute atomic E-state index is 13.0. The third-order valence-electron chi connectivity index (χ3n) is 4.51. The Morgan fingerprint density at radius 1 is 1.22 bits per heavy atom. The van der Waals surface area contributed by atoms with Crippen molar-refractivity contribution in [3.8, 4) is 22.8 Å². The van der Waals surface area contributed by atoms with E-state index in [0.29, 0.717) is 22.7 Å². The van der Waals surface area contributed by atoms with Gasteiger partial charge in [0.1, 0.15) is 11.4 Å². The van der Waals surface area contributed by atoms with E-state index in [0.717, 1.165) is 10.0 Å². The van der Waals surface area contributed by atoms with Crippen molar-refractivity contribution in [1.29, 1.82) is 0 Å². The van der Waals surface area contributed by atoms with E-state index in [9.17, 15) is 4.79 Å². The van der Waals surface area contributed by atoms with Crippen LogP contribution in [-0.4, -0.2) is 44.0 Å². The molecule has 0 atom stereocenters. The minimum absolute atomic E-state index is 0.00453. The number of nitrogens with two attached hydrogens (primary N) is 1. The second kappa shape index (κ2) is 8.98. The number of hydrogen-bond acceptors (Lipinski definition) is 9. The zero-order chi connectivity index (χ0) is 22.7. The number of methoxy groups -OCH3 is 1. The number of carbonyl (C=O) groups excluding carboxylic acids is 1. The van der Waals surface area contributed by atoms with E-state index in [1.54, 1.807) is 38.3 Å². The number of ether oxygens (including phenoxy) is 1. The van der Waals surface area contributed by atoms with Crippen LogP contribution >= 0.6 is 15.9 Å². The van der Waals surface area contributed by atoms with Crippen molar-refractivity contribution in [3.05, 3.63) is 64.3 Å². The summed E-state index contributed by atoms with van der Waals surface area (Å²) in [5.74, 6) is 0.108. The van der Waals surface area contributed by atoms with Crippen molar-refractivity contribution < 1.29 is 14.2 Å². The van der Waals surface area contributed by atoms with Gasteiger partial charge in [0.2, 0.25) is 11.6 Å². The maximum atomic E-state index is 13.0. The molecule has 0 unspecified atom stereocenters. The van der Waals surface area contributed by atoms with Crippen molar-refractivity contribution >= 4 is 33.4 Å². The molecular formula is C20H17BrN8O3. The lowest BCUT2D eigenvalue weighted by Gasteiger charge is -2.08. The summed E-state index contributed by atoms with van der Waals surface area (Å²) in [5, 5.41) is 19.6. The number of benzene rings is 2. The Morgan fingerprint density at radius 3 is 2.69 bits per heavy atom. The minimum Gasteiger partial charge on any atom is -0.497 e. The molecule has 0 radical (unpaired) electrons. The van der Waals surface area contributed by atoms with Gasteiger partial charge in [-0.3, -0.25) is 4.79 Å². The minimum atomic E-state index is -0.569. The average molecular weight is 497 g/mol. The molecule has 0 bridgehead atoms. The number of nitrogens with one attached hydrogen (secondary N) is 1. The Labute approximate surface area is 190 Å². The number of nitrogen functional groups attached to an aromatic ring is 1. The van der Waals surface area contributed by atoms with Gasteiger partial charge in [-0.1, -0.05) is 45.4 Å². The van der Waals surface area contributed by atoms with E-state index in [-0.39, 0.29) is 17.3 Å². The zero-order valence-electron chi connectivity index (χ0n) is 17.0. The first-order valence-corrected chi connectivity index (χ1v) is 10.1. The van der Waals surface area contributed by atoms with E-state index in [4.69, 9.17) is 10.5 Å². The lowest BCUT2D eigenvalue weighted by atomic mass is 10.1. The van der Waals surface area contributed by atoms with Crippen LogP contribution in [0, 0.1) is 0 Å². The molecule has 32 heavy (non-hydrogen) atoms. The van der Waals surface area contributed by atoms with Gasteiger partial charge in [-0.25, -0.2) is 10.1 Å². The quantitative estimate of drug-likeness (QED) is 0.306. The predicted molar refractivity (Wildman–Crippen MR) is 119 cm³/mol. The fraction of sp³-hybridized carbons (Fsp3) is 0.100. The largest absolute Gasteiger partial charge is 0.497 e. The molecule has 0 saturated carbocycles. The summed E-state index contributed by atoms with van der Waals surface area (Å²) in [7, 11) is 1.54. The van der Waals surface area contributed by atoms with Gasteiger partial charge >= 0.3 is 0 Å². The van der Waals surface area contributed by atoms with Gasteiger partial charge < -0.3 is 10.5 Å². The fourth-order valence-electron chi connectivity index (χ4n) is 2.89. The number of aromatic nitrogens is 5. The Kier molecular flexibility index (Phi) is 5.94. The smallest absolute Gasteiger partial charge is 0.294 e. The molecule has 4 rings (SSSR count). The van der Waals surface area contributed by atoms with Crippen LogP contribution in [0.2, 0.25) is 0 Å².